The van der Waals surface area contributed by atoms with Crippen molar-refractivity contribution < 1.29 is 19.0 Å². The monoisotopic (exact) mass is 385 g/mol. The summed E-state index contributed by atoms with van der Waals surface area (Å²) in [7, 11) is 3.04. The number of halogens is 3. The lowest BCUT2D eigenvalue weighted by Crippen LogP contribution is -1.99. The maximum atomic E-state index is 14.0. The number of aromatic hydroxyl groups is 1. The van der Waals surface area contributed by atoms with Crippen molar-refractivity contribution in [1.82, 2.24) is 9.97 Å². The Morgan fingerprint density at radius 3 is 2.44 bits per heavy atom. The molecule has 3 rings (SSSR count). The van der Waals surface area contributed by atoms with Crippen LogP contribution in [0.15, 0.2) is 30.6 Å². The van der Waals surface area contributed by atoms with Crippen LogP contribution in [0.1, 0.15) is 0 Å². The number of phenolic OH excluding ortho intramolecular Hbond substituents is 1. The van der Waals surface area contributed by atoms with Crippen molar-refractivity contribution in [2.45, 2.75) is 0 Å². The quantitative estimate of drug-likeness (QED) is 0.696. The summed E-state index contributed by atoms with van der Waals surface area (Å²) in [6.07, 6.45) is 1.34. The Kier molecular flexibility index (Phi) is 5.71. The third-order valence-corrected chi connectivity index (χ3v) is 3.73. The molecule has 9 heteroatoms. The van der Waals surface area contributed by atoms with E-state index in [1.807, 2.05) is 0 Å². The molecule has 0 saturated carbocycles. The van der Waals surface area contributed by atoms with Crippen molar-refractivity contribution in [2.24, 2.45) is 0 Å². The summed E-state index contributed by atoms with van der Waals surface area (Å²) < 4.78 is 24.5. The van der Waals surface area contributed by atoms with Gasteiger partial charge in [0.05, 0.1) is 30.4 Å². The van der Waals surface area contributed by atoms with Crippen molar-refractivity contribution >= 4 is 46.4 Å². The molecule has 0 radical (unpaired) electrons. The standard InChI is InChI=1S/C16H13ClFN3O3.ClH/c1-23-14-3-8-11(6-15(14)24-2)19-7-20-16(8)21-12-5-13(22)9(17)4-10(12)18;/h3-7,22H,1-2H3,(H,19,20,21);1H. The zero-order valence-corrected chi connectivity index (χ0v) is 14.8. The van der Waals surface area contributed by atoms with Gasteiger partial charge in [-0.1, -0.05) is 11.6 Å². The highest BCUT2D eigenvalue weighted by Gasteiger charge is 2.13. The lowest BCUT2D eigenvalue weighted by Gasteiger charge is -2.13. The number of nitrogens with zero attached hydrogens (tertiary/aromatic N) is 2. The first-order chi connectivity index (χ1) is 11.5. The number of hydrogen-bond donors (Lipinski definition) is 2. The Balaban J connectivity index is 0.00000225. The number of methoxy groups -OCH3 is 2. The van der Waals surface area contributed by atoms with Crippen molar-refractivity contribution in [2.75, 3.05) is 19.5 Å². The number of anilines is 2. The van der Waals surface area contributed by atoms with Crippen molar-refractivity contribution in [1.29, 1.82) is 0 Å². The normalized spacial score (nSPS) is 10.2. The van der Waals surface area contributed by atoms with E-state index in [4.69, 9.17) is 21.1 Å². The second-order valence-corrected chi connectivity index (χ2v) is 5.26. The molecule has 0 spiro atoms. The van der Waals surface area contributed by atoms with Gasteiger partial charge in [0, 0.05) is 17.5 Å². The van der Waals surface area contributed by atoms with Crippen LogP contribution in [0.25, 0.3) is 10.9 Å². The third-order valence-electron chi connectivity index (χ3n) is 3.43. The SMILES string of the molecule is COc1cc2ncnc(Nc3cc(O)c(Cl)cc3F)c2cc1OC.Cl. The lowest BCUT2D eigenvalue weighted by atomic mass is 10.2. The Hall–Kier alpha value is -2.51. The number of ether oxygens (including phenoxy) is 2. The Labute approximate surface area is 154 Å². The minimum Gasteiger partial charge on any atom is -0.506 e. The summed E-state index contributed by atoms with van der Waals surface area (Å²) in [6.45, 7) is 0. The fourth-order valence-corrected chi connectivity index (χ4v) is 2.39. The molecule has 0 unspecified atom stereocenters. The molecule has 0 aliphatic heterocycles. The van der Waals surface area contributed by atoms with E-state index in [0.717, 1.165) is 6.07 Å². The first kappa shape index (κ1) is 18.8. The largest absolute Gasteiger partial charge is 0.506 e. The van der Waals surface area contributed by atoms with Crippen LogP contribution in [-0.2, 0) is 0 Å². The van der Waals surface area contributed by atoms with Crippen LogP contribution < -0.4 is 14.8 Å². The van der Waals surface area contributed by atoms with E-state index in [2.05, 4.69) is 15.3 Å². The number of nitrogens with one attached hydrogen (secondary N) is 1. The molecule has 3 aromatic rings. The van der Waals surface area contributed by atoms with Crippen molar-refractivity contribution in [3.8, 4) is 17.2 Å². The molecule has 0 atom stereocenters. The van der Waals surface area contributed by atoms with E-state index in [1.54, 1.807) is 12.1 Å². The van der Waals surface area contributed by atoms with Gasteiger partial charge in [-0.05, 0) is 12.1 Å². The van der Waals surface area contributed by atoms with Gasteiger partial charge in [-0.2, -0.15) is 0 Å². The molecule has 0 saturated heterocycles. The third kappa shape index (κ3) is 3.62. The van der Waals surface area contributed by atoms with Crippen molar-refractivity contribution in [3.63, 3.8) is 0 Å². The first-order valence-electron chi connectivity index (χ1n) is 6.85. The molecule has 0 aliphatic carbocycles. The number of fused-ring (bicyclic) bond motifs is 1. The molecule has 0 amide bonds. The fraction of sp³-hybridized carbons (Fsp3) is 0.125. The molecule has 0 bridgehead atoms. The number of rotatable bonds is 4. The maximum absolute atomic E-state index is 14.0. The van der Waals surface area contributed by atoms with Crippen LogP contribution in [-0.4, -0.2) is 29.3 Å². The minimum absolute atomic E-state index is 0. The van der Waals surface area contributed by atoms with Crippen LogP contribution in [0.2, 0.25) is 5.02 Å². The molecule has 132 valence electrons. The van der Waals surface area contributed by atoms with E-state index in [9.17, 15) is 9.50 Å². The number of aromatic nitrogens is 2. The number of benzene rings is 2. The summed E-state index contributed by atoms with van der Waals surface area (Å²) in [5.41, 5.74) is 0.621. The molecule has 0 aliphatic rings. The van der Waals surface area contributed by atoms with Gasteiger partial charge in [-0.15, -0.1) is 12.4 Å². The highest BCUT2D eigenvalue weighted by Crippen LogP contribution is 2.36. The van der Waals surface area contributed by atoms with Crippen LogP contribution >= 0.6 is 24.0 Å². The number of hydrogen-bond acceptors (Lipinski definition) is 6. The van der Waals surface area contributed by atoms with Crippen LogP contribution in [0.5, 0.6) is 17.2 Å². The average Bonchev–Trinajstić information content (AvgIpc) is 2.58. The highest BCUT2D eigenvalue weighted by molar-refractivity contribution is 6.32. The van der Waals surface area contributed by atoms with Crippen LogP contribution in [0, 0.1) is 5.82 Å². The summed E-state index contributed by atoms with van der Waals surface area (Å²) in [6, 6.07) is 5.58. The Morgan fingerprint density at radius 1 is 1.08 bits per heavy atom. The second kappa shape index (κ2) is 7.58. The van der Waals surface area contributed by atoms with Gasteiger partial charge in [-0.3, -0.25) is 0 Å². The van der Waals surface area contributed by atoms with E-state index in [0.29, 0.717) is 28.2 Å². The lowest BCUT2D eigenvalue weighted by molar-refractivity contribution is 0.356. The van der Waals surface area contributed by atoms with Gasteiger partial charge in [-0.25, -0.2) is 14.4 Å². The van der Waals surface area contributed by atoms with E-state index < -0.39 is 5.82 Å². The molecule has 1 aromatic heterocycles. The van der Waals surface area contributed by atoms with E-state index >= 15 is 0 Å². The van der Waals surface area contributed by atoms with E-state index in [1.165, 1.54) is 26.6 Å². The fourth-order valence-electron chi connectivity index (χ4n) is 2.24. The molecule has 1 heterocycles. The molecular formula is C16H14Cl2FN3O3. The zero-order valence-electron chi connectivity index (χ0n) is 13.2. The second-order valence-electron chi connectivity index (χ2n) is 4.86. The highest BCUT2D eigenvalue weighted by atomic mass is 35.5. The van der Waals surface area contributed by atoms with Gasteiger partial charge in [0.25, 0.3) is 0 Å². The smallest absolute Gasteiger partial charge is 0.162 e. The molecule has 0 fully saturated rings. The van der Waals surface area contributed by atoms with Crippen LogP contribution in [0.3, 0.4) is 0 Å². The minimum atomic E-state index is -0.620. The summed E-state index contributed by atoms with van der Waals surface area (Å²) in [4.78, 5) is 8.30. The Morgan fingerprint density at radius 2 is 1.76 bits per heavy atom. The predicted molar refractivity (Wildman–Crippen MR) is 96.2 cm³/mol. The zero-order chi connectivity index (χ0) is 17.3. The molecule has 25 heavy (non-hydrogen) atoms. The van der Waals surface area contributed by atoms with Crippen molar-refractivity contribution in [3.05, 3.63) is 41.4 Å². The van der Waals surface area contributed by atoms with Gasteiger partial charge < -0.3 is 19.9 Å². The van der Waals surface area contributed by atoms with Gasteiger partial charge in [0.2, 0.25) is 0 Å². The predicted octanol–water partition coefficient (Wildman–Crippen LogP) is 4.31. The maximum Gasteiger partial charge on any atom is 0.162 e. The molecule has 6 nitrogen and oxygen atoms in total. The van der Waals surface area contributed by atoms with Gasteiger partial charge in [0.15, 0.2) is 11.5 Å². The molecule has 2 N–H and O–H groups in total. The van der Waals surface area contributed by atoms with Gasteiger partial charge >= 0.3 is 0 Å². The van der Waals surface area contributed by atoms with Crippen LogP contribution in [0.4, 0.5) is 15.9 Å². The summed E-state index contributed by atoms with van der Waals surface area (Å²) in [5.74, 6) is 0.497. The van der Waals surface area contributed by atoms with E-state index in [-0.39, 0.29) is 28.9 Å². The topological polar surface area (TPSA) is 76.5 Å². The first-order valence-corrected chi connectivity index (χ1v) is 7.23. The summed E-state index contributed by atoms with van der Waals surface area (Å²) >= 11 is 5.68. The Bertz CT molecular complexity index is 925. The van der Waals surface area contributed by atoms with Gasteiger partial charge in [0.1, 0.15) is 23.7 Å². The summed E-state index contributed by atoms with van der Waals surface area (Å²) in [5, 5.41) is 13.0. The number of phenols is 1. The molecule has 2 aromatic carbocycles. The average molecular weight is 386 g/mol. The molecular weight excluding hydrogens is 372 g/mol.